The molecule has 6 nitrogen and oxygen atoms in total. The number of methoxy groups -OCH3 is 2. The Hall–Kier alpha value is -1.76. The molecule has 0 saturated heterocycles. The second kappa shape index (κ2) is 10.3. The second-order valence-corrected chi connectivity index (χ2v) is 5.94. The van der Waals surface area contributed by atoms with Crippen LogP contribution in [0.5, 0.6) is 11.5 Å². The summed E-state index contributed by atoms with van der Waals surface area (Å²) in [6.07, 6.45) is 1.99. The molecular formula is C18H30ClN3O3. The van der Waals surface area contributed by atoms with Crippen LogP contribution >= 0.6 is 12.4 Å². The number of rotatable bonds is 7. The number of aryl methyl sites for hydroxylation is 2. The number of nitrogens with one attached hydrogen (secondary N) is 1. The lowest BCUT2D eigenvalue weighted by atomic mass is 10.0. The van der Waals surface area contributed by atoms with E-state index in [9.17, 15) is 0 Å². The average molecular weight is 372 g/mol. The Bertz CT molecular complexity index is 695. The average Bonchev–Trinajstić information content (AvgIpc) is 2.52. The number of hydrogen-bond acceptors (Lipinski definition) is 5. The number of hydrogen-bond donors (Lipinski definition) is 2. The Morgan fingerprint density at radius 2 is 1.88 bits per heavy atom. The first-order chi connectivity index (χ1) is 11.0. The molecule has 1 unspecified atom stereocenters. The van der Waals surface area contributed by atoms with Gasteiger partial charge in [-0.15, -0.1) is 12.4 Å². The quantitative estimate of drug-likeness (QED) is 0.779. The minimum Gasteiger partial charge on any atom is -0.494 e. The molecule has 1 aromatic heterocycles. The summed E-state index contributed by atoms with van der Waals surface area (Å²) < 4.78 is 11.3. The Kier molecular flexibility index (Phi) is 9.56. The van der Waals surface area contributed by atoms with Crippen LogP contribution in [0, 0.1) is 13.8 Å². The molecule has 0 saturated carbocycles. The van der Waals surface area contributed by atoms with Gasteiger partial charge in [0.25, 0.3) is 0 Å². The largest absolute Gasteiger partial charge is 0.494 e. The number of fused-ring (bicyclic) bond motifs is 1. The summed E-state index contributed by atoms with van der Waals surface area (Å²) in [4.78, 5) is 4.64. The minimum atomic E-state index is 0. The summed E-state index contributed by atoms with van der Waals surface area (Å²) in [5, 5.41) is 4.51. The molecule has 0 fully saturated rings. The van der Waals surface area contributed by atoms with E-state index >= 15 is 0 Å². The van der Waals surface area contributed by atoms with Crippen molar-refractivity contribution in [2.45, 2.75) is 39.7 Å². The molecule has 7 heteroatoms. The van der Waals surface area contributed by atoms with E-state index in [1.807, 2.05) is 13.0 Å². The summed E-state index contributed by atoms with van der Waals surface area (Å²) in [5.41, 5.74) is 9.45. The number of pyridine rings is 1. The fourth-order valence-electron chi connectivity index (χ4n) is 2.94. The maximum absolute atomic E-state index is 5.70. The van der Waals surface area contributed by atoms with E-state index in [2.05, 4.69) is 30.2 Å². The molecule has 0 amide bonds. The zero-order chi connectivity index (χ0) is 17.0. The predicted molar refractivity (Wildman–Crippen MR) is 107 cm³/mol. The van der Waals surface area contributed by atoms with E-state index in [1.165, 1.54) is 0 Å². The highest BCUT2D eigenvalue weighted by Gasteiger charge is 2.18. The minimum absolute atomic E-state index is 0. The number of nitrogens with two attached hydrogens (primary N) is 1. The Balaban J connectivity index is 0.00000288. The van der Waals surface area contributed by atoms with Crippen molar-refractivity contribution in [2.75, 3.05) is 26.1 Å². The topological polar surface area (TPSA) is 101 Å². The van der Waals surface area contributed by atoms with Gasteiger partial charge in [0.05, 0.1) is 25.3 Å². The highest BCUT2D eigenvalue weighted by atomic mass is 35.5. The third-order valence-electron chi connectivity index (χ3n) is 3.99. The summed E-state index contributed by atoms with van der Waals surface area (Å²) in [6.45, 7) is 6.90. The fourth-order valence-corrected chi connectivity index (χ4v) is 2.94. The van der Waals surface area contributed by atoms with Crippen LogP contribution in [-0.4, -0.2) is 37.3 Å². The number of ether oxygens (including phenoxy) is 2. The van der Waals surface area contributed by atoms with Gasteiger partial charge >= 0.3 is 0 Å². The molecule has 142 valence electrons. The molecular weight excluding hydrogens is 342 g/mol. The molecule has 2 rings (SSSR count). The Morgan fingerprint density at radius 1 is 1.20 bits per heavy atom. The Labute approximate surface area is 155 Å². The second-order valence-electron chi connectivity index (χ2n) is 5.94. The van der Waals surface area contributed by atoms with Crippen LogP contribution in [0.4, 0.5) is 5.69 Å². The van der Waals surface area contributed by atoms with Crippen molar-refractivity contribution in [1.29, 1.82) is 0 Å². The molecule has 1 aromatic carbocycles. The fraction of sp³-hybridized carbons (Fsp3) is 0.500. The van der Waals surface area contributed by atoms with Crippen molar-refractivity contribution in [1.82, 2.24) is 4.98 Å². The molecule has 0 spiro atoms. The van der Waals surface area contributed by atoms with Gasteiger partial charge in [-0.3, -0.25) is 0 Å². The van der Waals surface area contributed by atoms with E-state index in [1.54, 1.807) is 14.2 Å². The third kappa shape index (κ3) is 5.11. The van der Waals surface area contributed by atoms with Crippen molar-refractivity contribution in [2.24, 2.45) is 5.73 Å². The highest BCUT2D eigenvalue weighted by molar-refractivity contribution is 5.98. The maximum Gasteiger partial charge on any atom is 0.151 e. The molecule has 1 atom stereocenters. The smallest absolute Gasteiger partial charge is 0.151 e. The normalized spacial score (nSPS) is 11.3. The molecule has 0 aliphatic carbocycles. The van der Waals surface area contributed by atoms with Gasteiger partial charge in [0, 0.05) is 17.8 Å². The molecule has 0 radical (unpaired) electrons. The van der Waals surface area contributed by atoms with E-state index < -0.39 is 0 Å². The number of nitrogens with zero attached hydrogens (tertiary/aromatic N) is 1. The molecule has 0 bridgehead atoms. The van der Waals surface area contributed by atoms with Crippen LogP contribution in [0.15, 0.2) is 12.1 Å². The van der Waals surface area contributed by atoms with Gasteiger partial charge < -0.3 is 26.0 Å². The lowest BCUT2D eigenvalue weighted by Crippen LogP contribution is -2.17. The molecule has 0 aliphatic heterocycles. The Morgan fingerprint density at radius 3 is 2.44 bits per heavy atom. The van der Waals surface area contributed by atoms with Crippen LogP contribution in [-0.2, 0) is 0 Å². The van der Waals surface area contributed by atoms with E-state index in [0.717, 1.165) is 52.2 Å². The zero-order valence-electron chi connectivity index (χ0n) is 15.6. The lowest BCUT2D eigenvalue weighted by Gasteiger charge is -2.21. The number of anilines is 1. The molecule has 25 heavy (non-hydrogen) atoms. The summed E-state index contributed by atoms with van der Waals surface area (Å²) >= 11 is 0. The van der Waals surface area contributed by atoms with Crippen molar-refractivity contribution < 1.29 is 14.9 Å². The first-order valence-corrected chi connectivity index (χ1v) is 8.01. The van der Waals surface area contributed by atoms with Crippen molar-refractivity contribution in [3.8, 4) is 11.5 Å². The number of aromatic nitrogens is 1. The number of benzene rings is 1. The van der Waals surface area contributed by atoms with Crippen LogP contribution < -0.4 is 20.5 Å². The van der Waals surface area contributed by atoms with E-state index in [4.69, 9.17) is 15.2 Å². The van der Waals surface area contributed by atoms with Gasteiger partial charge in [-0.1, -0.05) is 0 Å². The SMILES string of the molecule is COc1cc(NC(C)CCCN)c(OC)c2c(C)cc(C)nc12.Cl.O. The number of halogens is 1. The van der Waals surface area contributed by atoms with Gasteiger partial charge in [-0.05, 0) is 51.8 Å². The van der Waals surface area contributed by atoms with Crippen molar-refractivity contribution >= 4 is 29.0 Å². The third-order valence-corrected chi connectivity index (χ3v) is 3.99. The summed E-state index contributed by atoms with van der Waals surface area (Å²) in [6, 6.07) is 4.33. The van der Waals surface area contributed by atoms with E-state index in [0.29, 0.717) is 12.6 Å². The first-order valence-electron chi connectivity index (χ1n) is 8.01. The van der Waals surface area contributed by atoms with Gasteiger partial charge in [-0.25, -0.2) is 4.98 Å². The lowest BCUT2D eigenvalue weighted by molar-refractivity contribution is 0.410. The first kappa shape index (κ1) is 23.2. The van der Waals surface area contributed by atoms with Gasteiger partial charge in [0.2, 0.25) is 0 Å². The van der Waals surface area contributed by atoms with Crippen LogP contribution in [0.1, 0.15) is 31.0 Å². The predicted octanol–water partition coefficient (Wildman–Crippen LogP) is 3.01. The zero-order valence-corrected chi connectivity index (χ0v) is 16.4. The molecule has 1 heterocycles. The van der Waals surface area contributed by atoms with Crippen molar-refractivity contribution in [3.63, 3.8) is 0 Å². The maximum atomic E-state index is 5.70. The summed E-state index contributed by atoms with van der Waals surface area (Å²) in [5.74, 6) is 1.56. The van der Waals surface area contributed by atoms with Gasteiger partial charge in [-0.2, -0.15) is 0 Å². The highest BCUT2D eigenvalue weighted by Crippen LogP contribution is 2.41. The van der Waals surface area contributed by atoms with Crippen LogP contribution in [0.3, 0.4) is 0 Å². The van der Waals surface area contributed by atoms with Gasteiger partial charge in [0.1, 0.15) is 11.3 Å². The molecule has 5 N–H and O–H groups in total. The monoisotopic (exact) mass is 371 g/mol. The molecule has 0 aliphatic rings. The van der Waals surface area contributed by atoms with Crippen molar-refractivity contribution in [3.05, 3.63) is 23.4 Å². The standard InChI is InChI=1S/C18H27N3O2.ClH.H2O/c1-11-9-13(3)21-17-15(22-4)10-14(18(23-5)16(11)17)20-12(2)7-6-8-19;;/h9-10,12,20H,6-8,19H2,1-5H3;1H;1H2. The van der Waals surface area contributed by atoms with Crippen LogP contribution in [0.25, 0.3) is 10.9 Å². The summed E-state index contributed by atoms with van der Waals surface area (Å²) in [7, 11) is 3.36. The van der Waals surface area contributed by atoms with E-state index in [-0.39, 0.29) is 17.9 Å². The van der Waals surface area contributed by atoms with Crippen LogP contribution in [0.2, 0.25) is 0 Å². The molecule has 2 aromatic rings. The van der Waals surface area contributed by atoms with Gasteiger partial charge in [0.15, 0.2) is 5.75 Å².